The number of thioether (sulfide) groups is 1. The number of benzene rings is 2. The lowest BCUT2D eigenvalue weighted by Gasteiger charge is -2.38. The van der Waals surface area contributed by atoms with Gasteiger partial charge in [0.25, 0.3) is 0 Å². The van der Waals surface area contributed by atoms with Crippen LogP contribution in [0.4, 0.5) is 0 Å². The van der Waals surface area contributed by atoms with Gasteiger partial charge in [-0.15, -0.1) is 0 Å². The van der Waals surface area contributed by atoms with Crippen LogP contribution in [0.5, 0.6) is 0 Å². The standard InChI is InChI=1S/C23H28N2OS/c1-17-6-10-19(11-7-17)16-23(26)21(20-12-8-18(2)9-13-20)27-22-24-14-4-3-5-15-25(22)23/h6-13,21,26H,3-5,14-16H2,1-2H3. The number of amidine groups is 1. The van der Waals surface area contributed by atoms with Gasteiger partial charge in [0.15, 0.2) is 10.9 Å². The SMILES string of the molecule is Cc1ccc(CC2(O)C(c3ccc(C)cc3)SC3=NCCCCCN32)cc1. The number of aryl methyl sites for hydroxylation is 2. The monoisotopic (exact) mass is 380 g/mol. The predicted octanol–water partition coefficient (Wildman–Crippen LogP) is 4.86. The lowest BCUT2D eigenvalue weighted by Crippen LogP contribution is -2.51. The Labute approximate surface area is 166 Å². The third kappa shape index (κ3) is 3.78. The predicted molar refractivity (Wildman–Crippen MR) is 114 cm³/mol. The van der Waals surface area contributed by atoms with Gasteiger partial charge in [0.05, 0.1) is 5.25 Å². The van der Waals surface area contributed by atoms with E-state index in [2.05, 4.69) is 67.3 Å². The molecule has 1 N–H and O–H groups in total. The molecule has 2 aliphatic heterocycles. The minimum absolute atomic E-state index is 0.0312. The molecule has 0 aliphatic carbocycles. The van der Waals surface area contributed by atoms with Crippen LogP contribution in [0.15, 0.2) is 53.5 Å². The van der Waals surface area contributed by atoms with E-state index in [0.717, 1.165) is 31.1 Å². The average Bonchev–Trinajstić information content (AvgIpc) is 2.89. The Bertz CT molecular complexity index is 815. The topological polar surface area (TPSA) is 35.8 Å². The molecule has 0 bridgehead atoms. The number of nitrogens with zero attached hydrogens (tertiary/aromatic N) is 2. The third-order valence-electron chi connectivity index (χ3n) is 5.59. The van der Waals surface area contributed by atoms with Gasteiger partial charge in [0, 0.05) is 19.5 Å². The minimum atomic E-state index is -0.953. The molecule has 0 amide bonds. The van der Waals surface area contributed by atoms with Crippen molar-refractivity contribution < 1.29 is 5.11 Å². The number of rotatable bonds is 3. The summed E-state index contributed by atoms with van der Waals surface area (Å²) in [7, 11) is 0. The van der Waals surface area contributed by atoms with E-state index in [9.17, 15) is 5.11 Å². The summed E-state index contributed by atoms with van der Waals surface area (Å²) in [5, 5.41) is 13.0. The second kappa shape index (κ2) is 7.69. The summed E-state index contributed by atoms with van der Waals surface area (Å²) in [6.45, 7) is 5.93. The number of aliphatic imine (C=N–C) groups is 1. The molecule has 1 saturated heterocycles. The zero-order valence-corrected chi connectivity index (χ0v) is 17.0. The molecule has 0 radical (unpaired) electrons. The van der Waals surface area contributed by atoms with Gasteiger partial charge in [0.1, 0.15) is 0 Å². The summed E-state index contributed by atoms with van der Waals surface area (Å²) >= 11 is 1.73. The van der Waals surface area contributed by atoms with Crippen LogP contribution < -0.4 is 0 Å². The quantitative estimate of drug-likeness (QED) is 0.826. The van der Waals surface area contributed by atoms with Crippen molar-refractivity contribution in [2.24, 2.45) is 4.99 Å². The van der Waals surface area contributed by atoms with E-state index in [-0.39, 0.29) is 5.25 Å². The summed E-state index contributed by atoms with van der Waals surface area (Å²) in [5.41, 5.74) is 3.88. The molecule has 2 unspecified atom stereocenters. The van der Waals surface area contributed by atoms with Crippen LogP contribution in [0.1, 0.15) is 46.8 Å². The lowest BCUT2D eigenvalue weighted by atomic mass is 9.92. The van der Waals surface area contributed by atoms with Crippen molar-refractivity contribution in [2.45, 2.75) is 50.5 Å². The van der Waals surface area contributed by atoms with E-state index < -0.39 is 5.72 Å². The molecule has 27 heavy (non-hydrogen) atoms. The fraction of sp³-hybridized carbons (Fsp3) is 0.435. The molecule has 0 spiro atoms. The molecule has 2 aromatic rings. The number of hydrogen-bond acceptors (Lipinski definition) is 4. The first-order chi connectivity index (χ1) is 13.1. The van der Waals surface area contributed by atoms with E-state index in [0.29, 0.717) is 6.42 Å². The van der Waals surface area contributed by atoms with Crippen LogP contribution >= 0.6 is 11.8 Å². The summed E-state index contributed by atoms with van der Waals surface area (Å²) in [5.74, 6) is 0. The van der Waals surface area contributed by atoms with Crippen LogP contribution in [0.25, 0.3) is 0 Å². The fourth-order valence-electron chi connectivity index (χ4n) is 3.99. The van der Waals surface area contributed by atoms with Crippen molar-refractivity contribution in [3.8, 4) is 0 Å². The second-order valence-electron chi connectivity index (χ2n) is 7.83. The maximum Gasteiger partial charge on any atom is 0.162 e. The molecule has 2 atom stereocenters. The molecule has 142 valence electrons. The highest BCUT2D eigenvalue weighted by atomic mass is 32.2. The normalized spacial score (nSPS) is 25.5. The zero-order chi connectivity index (χ0) is 18.9. The summed E-state index contributed by atoms with van der Waals surface area (Å²) < 4.78 is 0. The van der Waals surface area contributed by atoms with Gasteiger partial charge in [-0.3, -0.25) is 4.99 Å². The molecule has 1 fully saturated rings. The first kappa shape index (κ1) is 18.6. The first-order valence-electron chi connectivity index (χ1n) is 9.89. The van der Waals surface area contributed by atoms with Gasteiger partial charge < -0.3 is 10.0 Å². The van der Waals surface area contributed by atoms with Crippen molar-refractivity contribution in [3.63, 3.8) is 0 Å². The Morgan fingerprint density at radius 1 is 1.00 bits per heavy atom. The maximum atomic E-state index is 12.0. The largest absolute Gasteiger partial charge is 0.369 e. The molecule has 2 aliphatic rings. The lowest BCUT2D eigenvalue weighted by molar-refractivity contribution is -0.0649. The van der Waals surface area contributed by atoms with E-state index in [1.165, 1.54) is 28.7 Å². The number of hydrogen-bond donors (Lipinski definition) is 1. The van der Waals surface area contributed by atoms with Crippen LogP contribution in [0.3, 0.4) is 0 Å². The minimum Gasteiger partial charge on any atom is -0.369 e. The highest BCUT2D eigenvalue weighted by Crippen LogP contribution is 2.51. The molecule has 2 heterocycles. The molecule has 3 nitrogen and oxygen atoms in total. The van der Waals surface area contributed by atoms with E-state index >= 15 is 0 Å². The first-order valence-corrected chi connectivity index (χ1v) is 10.8. The van der Waals surface area contributed by atoms with Gasteiger partial charge in [0.2, 0.25) is 0 Å². The number of aliphatic hydroxyl groups is 1. The smallest absolute Gasteiger partial charge is 0.162 e. The van der Waals surface area contributed by atoms with Crippen molar-refractivity contribution in [2.75, 3.05) is 13.1 Å². The highest BCUT2D eigenvalue weighted by Gasteiger charge is 2.51. The van der Waals surface area contributed by atoms with E-state index in [1.54, 1.807) is 11.8 Å². The zero-order valence-electron chi connectivity index (χ0n) is 16.2. The Kier molecular flexibility index (Phi) is 5.29. The van der Waals surface area contributed by atoms with Gasteiger partial charge in [-0.1, -0.05) is 71.4 Å². The molecule has 4 rings (SSSR count). The van der Waals surface area contributed by atoms with Crippen molar-refractivity contribution in [3.05, 3.63) is 70.8 Å². The van der Waals surface area contributed by atoms with E-state index in [4.69, 9.17) is 4.99 Å². The van der Waals surface area contributed by atoms with Gasteiger partial charge >= 0.3 is 0 Å². The van der Waals surface area contributed by atoms with Crippen molar-refractivity contribution in [1.29, 1.82) is 0 Å². The summed E-state index contributed by atoms with van der Waals surface area (Å²) in [6, 6.07) is 17.1. The summed E-state index contributed by atoms with van der Waals surface area (Å²) in [6.07, 6.45) is 4.03. The van der Waals surface area contributed by atoms with Crippen LogP contribution in [-0.4, -0.2) is 34.0 Å². The van der Waals surface area contributed by atoms with Crippen LogP contribution in [0.2, 0.25) is 0 Å². The Morgan fingerprint density at radius 2 is 1.67 bits per heavy atom. The second-order valence-corrected chi connectivity index (χ2v) is 8.90. The van der Waals surface area contributed by atoms with Gasteiger partial charge in [-0.05, 0) is 44.2 Å². The average molecular weight is 381 g/mol. The molecule has 2 aromatic carbocycles. The number of fused-ring (bicyclic) bond motifs is 1. The summed E-state index contributed by atoms with van der Waals surface area (Å²) in [4.78, 5) is 7.02. The molecule has 0 aromatic heterocycles. The van der Waals surface area contributed by atoms with Crippen molar-refractivity contribution >= 4 is 16.9 Å². The Balaban J connectivity index is 1.74. The van der Waals surface area contributed by atoms with Crippen LogP contribution in [-0.2, 0) is 6.42 Å². The fourth-order valence-corrected chi connectivity index (χ4v) is 5.43. The van der Waals surface area contributed by atoms with Crippen molar-refractivity contribution in [1.82, 2.24) is 4.90 Å². The van der Waals surface area contributed by atoms with Gasteiger partial charge in [-0.2, -0.15) is 0 Å². The molecular formula is C23H28N2OS. The molecule has 0 saturated carbocycles. The highest BCUT2D eigenvalue weighted by molar-refractivity contribution is 8.14. The van der Waals surface area contributed by atoms with Crippen LogP contribution in [0, 0.1) is 13.8 Å². The Hall–Kier alpha value is -1.78. The third-order valence-corrected chi connectivity index (χ3v) is 7.04. The maximum absolute atomic E-state index is 12.0. The molecular weight excluding hydrogens is 352 g/mol. The van der Waals surface area contributed by atoms with E-state index in [1.807, 2.05) is 0 Å². The molecule has 4 heteroatoms. The Morgan fingerprint density at radius 3 is 2.37 bits per heavy atom. The van der Waals surface area contributed by atoms with Gasteiger partial charge in [-0.25, -0.2) is 0 Å².